The van der Waals surface area contributed by atoms with Crippen LogP contribution < -0.4 is 4.90 Å². The molecule has 0 atom stereocenters. The summed E-state index contributed by atoms with van der Waals surface area (Å²) in [6.45, 7) is 3.99. The van der Waals surface area contributed by atoms with E-state index in [2.05, 4.69) is 0 Å². The second-order valence-corrected chi connectivity index (χ2v) is 6.00. The van der Waals surface area contributed by atoms with Crippen molar-refractivity contribution < 1.29 is 14.7 Å². The van der Waals surface area contributed by atoms with Gasteiger partial charge in [0.05, 0.1) is 6.54 Å². The number of carbonyl (C=O) groups is 2. The summed E-state index contributed by atoms with van der Waals surface area (Å²) in [4.78, 5) is 27.1. The van der Waals surface area contributed by atoms with Gasteiger partial charge in [-0.2, -0.15) is 0 Å². The molecule has 1 aliphatic rings. The van der Waals surface area contributed by atoms with E-state index >= 15 is 0 Å². The molecule has 0 unspecified atom stereocenters. The van der Waals surface area contributed by atoms with Crippen molar-refractivity contribution in [3.63, 3.8) is 0 Å². The molecule has 1 aromatic carbocycles. The molecule has 1 aliphatic heterocycles. The van der Waals surface area contributed by atoms with Crippen molar-refractivity contribution in [1.29, 1.82) is 0 Å². The van der Waals surface area contributed by atoms with Crippen molar-refractivity contribution in [2.45, 2.75) is 32.2 Å². The van der Waals surface area contributed by atoms with Crippen LogP contribution in [0.15, 0.2) is 24.3 Å². The molecule has 0 aliphatic carbocycles. The topological polar surface area (TPSA) is 60.9 Å². The number of para-hydroxylation sites is 1. The van der Waals surface area contributed by atoms with Crippen LogP contribution in [0.4, 0.5) is 5.69 Å². The Labute approximate surface area is 125 Å². The number of carboxylic acids is 1. The van der Waals surface area contributed by atoms with Gasteiger partial charge in [0.25, 0.3) is 0 Å². The molecule has 114 valence electrons. The maximum atomic E-state index is 12.5. The number of fused-ring (bicyclic) bond motifs is 1. The first-order valence-electron chi connectivity index (χ1n) is 7.17. The highest BCUT2D eigenvalue weighted by Crippen LogP contribution is 2.27. The average molecular weight is 290 g/mol. The molecule has 0 aromatic heterocycles. The lowest BCUT2D eigenvalue weighted by molar-refractivity contribution is -0.149. The lowest BCUT2D eigenvalue weighted by atomic mass is 10.0. The molecule has 5 heteroatoms. The summed E-state index contributed by atoms with van der Waals surface area (Å²) in [7, 11) is 1.67. The Morgan fingerprint density at radius 2 is 2.00 bits per heavy atom. The van der Waals surface area contributed by atoms with Crippen molar-refractivity contribution in [2.75, 3.05) is 25.0 Å². The fourth-order valence-corrected chi connectivity index (χ4v) is 2.44. The Morgan fingerprint density at radius 1 is 1.33 bits per heavy atom. The Bertz CT molecular complexity index is 554. The van der Waals surface area contributed by atoms with E-state index in [1.165, 1.54) is 5.56 Å². The molecule has 0 fully saturated rings. The molecule has 0 spiro atoms. The van der Waals surface area contributed by atoms with Crippen LogP contribution in [0.1, 0.15) is 25.8 Å². The van der Waals surface area contributed by atoms with Crippen molar-refractivity contribution in [2.24, 2.45) is 0 Å². The van der Waals surface area contributed by atoms with Crippen molar-refractivity contribution in [3.05, 3.63) is 29.8 Å². The minimum Gasteiger partial charge on any atom is -0.480 e. The summed E-state index contributed by atoms with van der Waals surface area (Å²) in [6, 6.07) is 7.90. The zero-order valence-corrected chi connectivity index (χ0v) is 12.8. The predicted molar refractivity (Wildman–Crippen MR) is 81.5 cm³/mol. The van der Waals surface area contributed by atoms with Gasteiger partial charge in [0.1, 0.15) is 5.54 Å². The normalized spacial score (nSPS) is 15.0. The number of rotatable bonds is 4. The fourth-order valence-electron chi connectivity index (χ4n) is 2.44. The second-order valence-electron chi connectivity index (χ2n) is 6.00. The Balaban J connectivity index is 2.14. The van der Waals surface area contributed by atoms with E-state index in [0.717, 1.165) is 18.5 Å². The van der Waals surface area contributed by atoms with Gasteiger partial charge in [0, 0.05) is 12.2 Å². The van der Waals surface area contributed by atoms with Crippen LogP contribution in [-0.4, -0.2) is 47.6 Å². The van der Waals surface area contributed by atoms with Gasteiger partial charge in [0.2, 0.25) is 5.91 Å². The van der Waals surface area contributed by atoms with Gasteiger partial charge in [-0.1, -0.05) is 18.2 Å². The lowest BCUT2D eigenvalue weighted by Crippen LogP contribution is -2.52. The summed E-state index contributed by atoms with van der Waals surface area (Å²) in [5.74, 6) is -0.990. The Kier molecular flexibility index (Phi) is 4.32. The van der Waals surface area contributed by atoms with Gasteiger partial charge in [-0.05, 0) is 45.4 Å². The molecule has 1 amide bonds. The van der Waals surface area contributed by atoms with Crippen LogP contribution in [0.2, 0.25) is 0 Å². The summed E-state index contributed by atoms with van der Waals surface area (Å²) in [5, 5.41) is 9.23. The number of anilines is 1. The summed E-state index contributed by atoms with van der Waals surface area (Å²) in [5.41, 5.74) is 1.07. The number of nitrogens with zero attached hydrogens (tertiary/aromatic N) is 2. The maximum Gasteiger partial charge on any atom is 0.323 e. The van der Waals surface area contributed by atoms with Crippen LogP contribution in [0.25, 0.3) is 0 Å². The lowest BCUT2D eigenvalue weighted by Gasteiger charge is -2.35. The van der Waals surface area contributed by atoms with Gasteiger partial charge in [-0.3, -0.25) is 14.5 Å². The van der Waals surface area contributed by atoms with Gasteiger partial charge in [0.15, 0.2) is 0 Å². The van der Waals surface area contributed by atoms with E-state index < -0.39 is 11.5 Å². The molecule has 1 N–H and O–H groups in total. The molecule has 0 bridgehead atoms. The Morgan fingerprint density at radius 3 is 2.67 bits per heavy atom. The number of carbonyl (C=O) groups excluding carboxylic acids is 1. The molecule has 1 heterocycles. The third-order valence-corrected chi connectivity index (χ3v) is 4.26. The first-order valence-corrected chi connectivity index (χ1v) is 7.17. The van der Waals surface area contributed by atoms with Crippen LogP contribution in [0, 0.1) is 0 Å². The van der Waals surface area contributed by atoms with Gasteiger partial charge < -0.3 is 10.0 Å². The zero-order valence-electron chi connectivity index (χ0n) is 12.8. The standard InChI is InChI=1S/C16H22N2O3/c1-16(2,15(20)21)17(3)11-14(19)18-10-6-8-12-7-4-5-9-13(12)18/h4-5,7,9H,6,8,10-11H2,1-3H3,(H,20,21). The van der Waals surface area contributed by atoms with E-state index in [4.69, 9.17) is 0 Å². The first kappa shape index (κ1) is 15.5. The van der Waals surface area contributed by atoms with Crippen molar-refractivity contribution in [3.8, 4) is 0 Å². The summed E-state index contributed by atoms with van der Waals surface area (Å²) >= 11 is 0. The number of aliphatic carboxylic acids is 1. The number of likely N-dealkylation sites (N-methyl/N-ethyl adjacent to an activating group) is 1. The third kappa shape index (κ3) is 3.08. The maximum absolute atomic E-state index is 12.5. The van der Waals surface area contributed by atoms with E-state index in [0.29, 0.717) is 6.54 Å². The van der Waals surface area contributed by atoms with E-state index in [1.54, 1.807) is 30.7 Å². The smallest absolute Gasteiger partial charge is 0.323 e. The van der Waals surface area contributed by atoms with Crippen LogP contribution >= 0.6 is 0 Å². The molecule has 2 rings (SSSR count). The molecule has 5 nitrogen and oxygen atoms in total. The van der Waals surface area contributed by atoms with Crippen LogP contribution in [0.5, 0.6) is 0 Å². The minimum absolute atomic E-state index is 0.0565. The van der Waals surface area contributed by atoms with E-state index in [9.17, 15) is 14.7 Å². The van der Waals surface area contributed by atoms with E-state index in [-0.39, 0.29) is 12.5 Å². The monoisotopic (exact) mass is 290 g/mol. The van der Waals surface area contributed by atoms with Crippen molar-refractivity contribution in [1.82, 2.24) is 4.90 Å². The molecule has 0 saturated heterocycles. The minimum atomic E-state index is -1.06. The SMILES string of the molecule is CN(CC(=O)N1CCCc2ccccc21)C(C)(C)C(=O)O. The highest BCUT2D eigenvalue weighted by Gasteiger charge is 2.34. The van der Waals surface area contributed by atoms with E-state index in [1.807, 2.05) is 24.3 Å². The van der Waals surface area contributed by atoms with Gasteiger partial charge >= 0.3 is 5.97 Å². The number of hydrogen-bond acceptors (Lipinski definition) is 3. The highest BCUT2D eigenvalue weighted by molar-refractivity contribution is 5.96. The second kappa shape index (κ2) is 5.85. The molecule has 1 aromatic rings. The average Bonchev–Trinajstić information content (AvgIpc) is 2.46. The number of aryl methyl sites for hydroxylation is 1. The number of amides is 1. The molecule has 21 heavy (non-hydrogen) atoms. The quantitative estimate of drug-likeness (QED) is 0.918. The summed E-state index contributed by atoms with van der Waals surface area (Å²) < 4.78 is 0. The number of hydrogen-bond donors (Lipinski definition) is 1. The van der Waals surface area contributed by atoms with Gasteiger partial charge in [-0.25, -0.2) is 0 Å². The molecular weight excluding hydrogens is 268 g/mol. The van der Waals surface area contributed by atoms with Crippen LogP contribution in [0.3, 0.4) is 0 Å². The number of benzene rings is 1. The molecular formula is C16H22N2O3. The predicted octanol–water partition coefficient (Wildman–Crippen LogP) is 1.76. The van der Waals surface area contributed by atoms with Gasteiger partial charge in [-0.15, -0.1) is 0 Å². The largest absolute Gasteiger partial charge is 0.480 e. The van der Waals surface area contributed by atoms with Crippen molar-refractivity contribution >= 4 is 17.6 Å². The van der Waals surface area contributed by atoms with Crippen LogP contribution in [-0.2, 0) is 16.0 Å². The zero-order chi connectivity index (χ0) is 15.6. The molecule has 0 radical (unpaired) electrons. The molecule has 0 saturated carbocycles. The highest BCUT2D eigenvalue weighted by atomic mass is 16.4. The Hall–Kier alpha value is -1.88. The summed E-state index contributed by atoms with van der Waals surface area (Å²) in [6.07, 6.45) is 1.92. The third-order valence-electron chi connectivity index (χ3n) is 4.26. The number of carboxylic acid groups (broad SMARTS) is 1. The first-order chi connectivity index (χ1) is 9.84. The fraction of sp³-hybridized carbons (Fsp3) is 0.500.